The van der Waals surface area contributed by atoms with Gasteiger partial charge in [-0.05, 0) is 29.8 Å². The monoisotopic (exact) mass is 302 g/mol. The van der Waals surface area contributed by atoms with Crippen LogP contribution in [0.2, 0.25) is 0 Å². The van der Waals surface area contributed by atoms with E-state index in [1.165, 1.54) is 5.69 Å². The second-order valence-electron chi connectivity index (χ2n) is 5.75. The van der Waals surface area contributed by atoms with Gasteiger partial charge in [-0.3, -0.25) is 9.58 Å². The van der Waals surface area contributed by atoms with E-state index >= 15 is 0 Å². The van der Waals surface area contributed by atoms with Crippen molar-refractivity contribution in [3.05, 3.63) is 73.3 Å². The third-order valence-electron chi connectivity index (χ3n) is 4.27. The number of hydrogen-bond acceptors (Lipinski definition) is 3. The molecule has 3 aromatic rings. The van der Waals surface area contributed by atoms with E-state index in [9.17, 15) is 0 Å². The van der Waals surface area contributed by atoms with Gasteiger partial charge in [0.1, 0.15) is 5.82 Å². The average molecular weight is 302 g/mol. The lowest BCUT2D eigenvalue weighted by Gasteiger charge is -2.22. The predicted molar refractivity (Wildman–Crippen MR) is 94.8 cm³/mol. The summed E-state index contributed by atoms with van der Waals surface area (Å²) in [5.41, 5.74) is 5.69. The topological polar surface area (TPSA) is 24.3 Å². The van der Waals surface area contributed by atoms with Crippen molar-refractivity contribution in [3.8, 4) is 11.1 Å². The SMILES string of the molecule is C=C1N(C)c2ccccc2N1c1cccc(-c2cnn(C)c2)c1. The minimum absolute atomic E-state index is 0.953. The van der Waals surface area contributed by atoms with Crippen LogP contribution >= 0.6 is 0 Å². The summed E-state index contributed by atoms with van der Waals surface area (Å²) in [6.45, 7) is 4.25. The van der Waals surface area contributed by atoms with E-state index < -0.39 is 0 Å². The van der Waals surface area contributed by atoms with Crippen molar-refractivity contribution in [2.45, 2.75) is 0 Å². The van der Waals surface area contributed by atoms with Crippen LogP contribution in [0.25, 0.3) is 11.1 Å². The number of aryl methyl sites for hydroxylation is 1. The standard InChI is InChI=1S/C19H18N4/c1-14-22(3)18-9-4-5-10-19(18)23(14)17-8-6-7-15(11-17)16-12-20-21(2)13-16/h4-13H,1H2,2-3H3. The molecule has 0 bridgehead atoms. The molecule has 0 amide bonds. The Labute approximate surface area is 135 Å². The Balaban J connectivity index is 1.81. The first-order valence-corrected chi connectivity index (χ1v) is 7.56. The molecule has 1 aliphatic heterocycles. The number of rotatable bonds is 2. The highest BCUT2D eigenvalue weighted by atomic mass is 15.4. The summed E-state index contributed by atoms with van der Waals surface area (Å²) < 4.78 is 1.82. The van der Waals surface area contributed by atoms with Crippen molar-refractivity contribution in [1.29, 1.82) is 0 Å². The van der Waals surface area contributed by atoms with Gasteiger partial charge in [-0.1, -0.05) is 30.8 Å². The number of benzene rings is 2. The molecule has 23 heavy (non-hydrogen) atoms. The van der Waals surface area contributed by atoms with Crippen molar-refractivity contribution in [2.75, 3.05) is 16.8 Å². The van der Waals surface area contributed by atoms with Gasteiger partial charge in [0, 0.05) is 31.5 Å². The van der Waals surface area contributed by atoms with Crippen LogP contribution in [-0.4, -0.2) is 16.8 Å². The van der Waals surface area contributed by atoms with Gasteiger partial charge >= 0.3 is 0 Å². The van der Waals surface area contributed by atoms with E-state index in [1.54, 1.807) is 0 Å². The number of para-hydroxylation sites is 2. The zero-order valence-corrected chi connectivity index (χ0v) is 13.3. The first kappa shape index (κ1) is 13.6. The highest BCUT2D eigenvalue weighted by molar-refractivity contribution is 5.88. The molecule has 0 radical (unpaired) electrons. The summed E-state index contributed by atoms with van der Waals surface area (Å²) in [6.07, 6.45) is 3.91. The third kappa shape index (κ3) is 2.11. The maximum absolute atomic E-state index is 4.26. The lowest BCUT2D eigenvalue weighted by molar-refractivity contribution is 0.768. The van der Waals surface area contributed by atoms with Crippen LogP contribution in [-0.2, 0) is 7.05 Å². The minimum Gasteiger partial charge on any atom is -0.329 e. The van der Waals surface area contributed by atoms with Gasteiger partial charge < -0.3 is 4.90 Å². The summed E-state index contributed by atoms with van der Waals surface area (Å²) in [6, 6.07) is 16.8. The minimum atomic E-state index is 0.953. The van der Waals surface area contributed by atoms with Crippen LogP contribution in [0.15, 0.2) is 73.3 Å². The molecule has 1 aromatic heterocycles. The molecular weight excluding hydrogens is 284 g/mol. The molecule has 114 valence electrons. The Kier molecular flexibility index (Phi) is 2.98. The summed E-state index contributed by atoms with van der Waals surface area (Å²) in [5.74, 6) is 0.953. The molecule has 0 fully saturated rings. The van der Waals surface area contributed by atoms with Crippen LogP contribution in [0.5, 0.6) is 0 Å². The molecule has 0 aliphatic carbocycles. The molecule has 0 unspecified atom stereocenters. The summed E-state index contributed by atoms with van der Waals surface area (Å²) in [7, 11) is 3.98. The van der Waals surface area contributed by atoms with Crippen molar-refractivity contribution < 1.29 is 0 Å². The van der Waals surface area contributed by atoms with Crippen molar-refractivity contribution >= 4 is 17.1 Å². The maximum atomic E-state index is 4.26. The molecule has 0 N–H and O–H groups in total. The lowest BCUT2D eigenvalue weighted by atomic mass is 10.1. The van der Waals surface area contributed by atoms with Crippen molar-refractivity contribution in [2.24, 2.45) is 7.05 Å². The van der Waals surface area contributed by atoms with Crippen LogP contribution in [0.3, 0.4) is 0 Å². The van der Waals surface area contributed by atoms with Crippen molar-refractivity contribution in [1.82, 2.24) is 9.78 Å². The van der Waals surface area contributed by atoms with E-state index in [2.05, 4.69) is 70.0 Å². The van der Waals surface area contributed by atoms with Crippen molar-refractivity contribution in [3.63, 3.8) is 0 Å². The third-order valence-corrected chi connectivity index (χ3v) is 4.27. The van der Waals surface area contributed by atoms with Gasteiger partial charge in [0.25, 0.3) is 0 Å². The van der Waals surface area contributed by atoms with Gasteiger partial charge in [-0.15, -0.1) is 0 Å². The van der Waals surface area contributed by atoms with Gasteiger partial charge in [0.2, 0.25) is 0 Å². The van der Waals surface area contributed by atoms with Gasteiger partial charge in [-0.2, -0.15) is 5.10 Å². The Morgan fingerprint density at radius 1 is 0.913 bits per heavy atom. The van der Waals surface area contributed by atoms with Crippen LogP contribution < -0.4 is 9.80 Å². The summed E-state index contributed by atoms with van der Waals surface area (Å²) in [5, 5.41) is 4.26. The molecule has 4 heteroatoms. The Morgan fingerprint density at radius 2 is 1.70 bits per heavy atom. The van der Waals surface area contributed by atoms with Crippen LogP contribution in [0.1, 0.15) is 0 Å². The number of fused-ring (bicyclic) bond motifs is 1. The van der Waals surface area contributed by atoms with E-state index in [4.69, 9.17) is 0 Å². The fraction of sp³-hybridized carbons (Fsp3) is 0.105. The Bertz CT molecular complexity index is 894. The molecule has 0 atom stereocenters. The molecule has 4 rings (SSSR count). The normalized spacial score (nSPS) is 13.6. The summed E-state index contributed by atoms with van der Waals surface area (Å²) in [4.78, 5) is 4.31. The quantitative estimate of drug-likeness (QED) is 0.711. The number of nitrogens with zero attached hydrogens (tertiary/aromatic N) is 4. The number of hydrogen-bond donors (Lipinski definition) is 0. The zero-order valence-electron chi connectivity index (χ0n) is 13.3. The Hall–Kier alpha value is -3.01. The van der Waals surface area contributed by atoms with Crippen LogP contribution in [0, 0.1) is 0 Å². The van der Waals surface area contributed by atoms with E-state index in [-0.39, 0.29) is 0 Å². The maximum Gasteiger partial charge on any atom is 0.110 e. The lowest BCUT2D eigenvalue weighted by Crippen LogP contribution is -2.20. The predicted octanol–water partition coefficient (Wildman–Crippen LogP) is 4.15. The molecule has 1 aliphatic rings. The zero-order chi connectivity index (χ0) is 16.0. The van der Waals surface area contributed by atoms with Gasteiger partial charge in [-0.25, -0.2) is 0 Å². The van der Waals surface area contributed by atoms with Gasteiger partial charge in [0.05, 0.1) is 17.6 Å². The van der Waals surface area contributed by atoms with Crippen LogP contribution in [0.4, 0.5) is 17.1 Å². The summed E-state index contributed by atoms with van der Waals surface area (Å²) >= 11 is 0. The fourth-order valence-electron chi connectivity index (χ4n) is 3.05. The molecule has 0 saturated heterocycles. The second-order valence-corrected chi connectivity index (χ2v) is 5.75. The number of anilines is 3. The molecule has 0 saturated carbocycles. The largest absolute Gasteiger partial charge is 0.329 e. The molecule has 4 nitrogen and oxygen atoms in total. The highest BCUT2D eigenvalue weighted by Crippen LogP contribution is 2.44. The highest BCUT2D eigenvalue weighted by Gasteiger charge is 2.28. The second kappa shape index (κ2) is 5.02. The smallest absolute Gasteiger partial charge is 0.110 e. The molecule has 2 heterocycles. The van der Waals surface area contributed by atoms with E-state index in [0.717, 1.165) is 28.3 Å². The first-order chi connectivity index (χ1) is 11.1. The molecular formula is C19H18N4. The molecule has 2 aromatic carbocycles. The Morgan fingerprint density at radius 3 is 2.43 bits per heavy atom. The fourth-order valence-corrected chi connectivity index (χ4v) is 3.05. The number of aromatic nitrogens is 2. The average Bonchev–Trinajstić information content (AvgIpc) is 3.11. The molecule has 0 spiro atoms. The van der Waals surface area contributed by atoms with E-state index in [1.807, 2.05) is 31.2 Å². The van der Waals surface area contributed by atoms with Gasteiger partial charge in [0.15, 0.2) is 0 Å². The van der Waals surface area contributed by atoms with E-state index in [0.29, 0.717) is 0 Å². The first-order valence-electron chi connectivity index (χ1n) is 7.56.